The fraction of sp³-hybridized carbons (Fsp3) is 0. The van der Waals surface area contributed by atoms with E-state index < -0.39 is 0 Å². The molecule has 27 valence electrons. The van der Waals surface area contributed by atoms with Gasteiger partial charge in [0.15, 0.2) is 0 Å². The number of hydrogen-bond acceptors (Lipinski definition) is 1. The molecule has 0 rings (SSSR count). The van der Waals surface area contributed by atoms with Crippen molar-refractivity contribution >= 4 is 12.4 Å². The number of rotatable bonds is 0. The molecule has 0 heterocycles. The van der Waals surface area contributed by atoms with E-state index in [-0.39, 0.29) is 17.9 Å². The van der Waals surface area contributed by atoms with E-state index in [4.69, 9.17) is 3.25 Å². The SMILES string of the molecule is Cl.O.[O]=[Nb]. The van der Waals surface area contributed by atoms with Crippen LogP contribution < -0.4 is 0 Å². The molecule has 4 heteroatoms. The van der Waals surface area contributed by atoms with Gasteiger partial charge in [0.25, 0.3) is 0 Å². The van der Waals surface area contributed by atoms with Crippen molar-refractivity contribution in [1.82, 2.24) is 0 Å². The van der Waals surface area contributed by atoms with Gasteiger partial charge in [0.1, 0.15) is 0 Å². The Bertz CT molecular complexity index is 6.00. The number of hydrogen-bond donors (Lipinski definition) is 0. The van der Waals surface area contributed by atoms with Crippen LogP contribution in [0.15, 0.2) is 0 Å². The molecule has 0 radical (unpaired) electrons. The van der Waals surface area contributed by atoms with E-state index in [9.17, 15) is 0 Å². The van der Waals surface area contributed by atoms with Gasteiger partial charge in [-0.2, -0.15) is 0 Å². The van der Waals surface area contributed by atoms with Crippen LogP contribution in [-0.4, -0.2) is 5.48 Å². The molecule has 0 saturated heterocycles. The maximum atomic E-state index is 8.30. The summed E-state index contributed by atoms with van der Waals surface area (Å²) in [6, 6.07) is 0. The monoisotopic (exact) mass is 163 g/mol. The summed E-state index contributed by atoms with van der Waals surface area (Å²) in [5.74, 6) is 0. The molecule has 0 bridgehead atoms. The van der Waals surface area contributed by atoms with E-state index in [0.29, 0.717) is 21.0 Å². The van der Waals surface area contributed by atoms with Gasteiger partial charge in [-0.3, -0.25) is 0 Å². The molecule has 0 aliphatic carbocycles. The summed E-state index contributed by atoms with van der Waals surface area (Å²) in [5, 5.41) is 0. The van der Waals surface area contributed by atoms with E-state index in [0.717, 1.165) is 0 Å². The Labute approximate surface area is 42.6 Å². The molecule has 0 aromatic rings. The van der Waals surface area contributed by atoms with Crippen molar-refractivity contribution < 1.29 is 29.8 Å². The van der Waals surface area contributed by atoms with E-state index in [1.54, 1.807) is 0 Å². The molecule has 2 N–H and O–H groups in total. The predicted octanol–water partition coefficient (Wildman–Crippen LogP) is -0.524. The van der Waals surface area contributed by atoms with Crippen LogP contribution in [0.4, 0.5) is 0 Å². The Balaban J connectivity index is -0.00000000500. The minimum atomic E-state index is 0. The van der Waals surface area contributed by atoms with Gasteiger partial charge in [0, 0.05) is 0 Å². The Hall–Kier alpha value is 0.790. The third-order valence-electron chi connectivity index (χ3n) is 0. The molecule has 0 unspecified atom stereocenters. The molecule has 0 aromatic heterocycles. The van der Waals surface area contributed by atoms with Crippen LogP contribution >= 0.6 is 12.4 Å². The van der Waals surface area contributed by atoms with Crippen LogP contribution in [0, 0.1) is 0 Å². The van der Waals surface area contributed by atoms with Gasteiger partial charge in [0.05, 0.1) is 0 Å². The molecule has 0 fully saturated rings. The summed E-state index contributed by atoms with van der Waals surface area (Å²) in [6.45, 7) is 0. The molecule has 0 aliphatic rings. The third-order valence-corrected chi connectivity index (χ3v) is 0. The fourth-order valence-corrected chi connectivity index (χ4v) is 0. The molecule has 0 atom stereocenters. The first-order valence-corrected chi connectivity index (χ1v) is 1.08. The van der Waals surface area contributed by atoms with E-state index in [2.05, 4.69) is 0 Å². The first-order chi connectivity index (χ1) is 1.00. The topological polar surface area (TPSA) is 48.6 Å². The second kappa shape index (κ2) is 47.3. The van der Waals surface area contributed by atoms with Crippen molar-refractivity contribution in [2.45, 2.75) is 0 Å². The predicted molar refractivity (Wildman–Crippen MR) is 11.5 cm³/mol. The van der Waals surface area contributed by atoms with Gasteiger partial charge in [-0.25, -0.2) is 0 Å². The molecule has 0 aromatic carbocycles. The maximum absolute atomic E-state index is 8.30. The molecule has 0 saturated carbocycles. The van der Waals surface area contributed by atoms with Crippen molar-refractivity contribution in [3.05, 3.63) is 0 Å². The molecule has 0 aliphatic heterocycles. The standard InChI is InChI=1S/ClH.Nb.H2O.O/h1H;;1H2;. The van der Waals surface area contributed by atoms with Crippen molar-refractivity contribution in [3.8, 4) is 0 Å². The Morgan fingerprint density at radius 2 is 1.25 bits per heavy atom. The van der Waals surface area contributed by atoms with E-state index in [1.165, 1.54) is 0 Å². The third kappa shape index (κ3) is 14.3. The summed E-state index contributed by atoms with van der Waals surface area (Å²) in [4.78, 5) is 0. The summed E-state index contributed by atoms with van der Waals surface area (Å²) < 4.78 is 8.30. The summed E-state index contributed by atoms with van der Waals surface area (Å²) in [6.07, 6.45) is 0. The van der Waals surface area contributed by atoms with Crippen molar-refractivity contribution in [2.75, 3.05) is 0 Å². The molecule has 2 nitrogen and oxygen atoms in total. The average molecular weight is 163 g/mol. The van der Waals surface area contributed by atoms with Gasteiger partial charge >= 0.3 is 24.3 Å². The average Bonchev–Trinajstić information content (AvgIpc) is 1.00. The quantitative estimate of drug-likeness (QED) is 0.443. The molecule has 0 spiro atoms. The second-order valence-corrected chi connectivity index (χ2v) is 0. The van der Waals surface area contributed by atoms with Gasteiger partial charge < -0.3 is 5.48 Å². The second-order valence-electron chi connectivity index (χ2n) is 0. The Morgan fingerprint density at radius 3 is 1.25 bits per heavy atom. The van der Waals surface area contributed by atoms with Gasteiger partial charge in [-0.15, -0.1) is 12.4 Å². The molecular weight excluding hydrogens is 160 g/mol. The van der Waals surface area contributed by atoms with E-state index in [1.807, 2.05) is 0 Å². The zero-order chi connectivity index (χ0) is 2.00. The first kappa shape index (κ1) is 21.5. The molecule has 0 amide bonds. The number of halogens is 1. The molecular formula is H3ClNbO2. The Morgan fingerprint density at radius 1 is 1.25 bits per heavy atom. The zero-order valence-corrected chi connectivity index (χ0v) is 4.78. The van der Waals surface area contributed by atoms with Crippen LogP contribution in [0.5, 0.6) is 0 Å². The normalized spacial score (nSPS) is 0.750. The summed E-state index contributed by atoms with van der Waals surface area (Å²) in [7, 11) is 0. The van der Waals surface area contributed by atoms with Crippen LogP contribution in [0.2, 0.25) is 0 Å². The van der Waals surface area contributed by atoms with Gasteiger partial charge in [0.2, 0.25) is 0 Å². The van der Waals surface area contributed by atoms with Crippen molar-refractivity contribution in [1.29, 1.82) is 0 Å². The van der Waals surface area contributed by atoms with Crippen LogP contribution in [0.3, 0.4) is 0 Å². The van der Waals surface area contributed by atoms with Crippen LogP contribution in [-0.2, 0) is 24.3 Å². The van der Waals surface area contributed by atoms with Crippen LogP contribution in [0.25, 0.3) is 0 Å². The van der Waals surface area contributed by atoms with Crippen LogP contribution in [0.1, 0.15) is 0 Å². The zero-order valence-electron chi connectivity index (χ0n) is 1.76. The first-order valence-electron chi connectivity index (χ1n) is 0.183. The van der Waals surface area contributed by atoms with Gasteiger partial charge in [-0.05, 0) is 0 Å². The fourth-order valence-electron chi connectivity index (χ4n) is 0. The summed E-state index contributed by atoms with van der Waals surface area (Å²) in [5.41, 5.74) is 0. The van der Waals surface area contributed by atoms with Crippen molar-refractivity contribution in [2.24, 2.45) is 0 Å². The minimum absolute atomic E-state index is 0. The summed E-state index contributed by atoms with van der Waals surface area (Å²) >= 11 is 0.500. The van der Waals surface area contributed by atoms with E-state index >= 15 is 0 Å². The molecule has 4 heavy (non-hydrogen) atoms. The van der Waals surface area contributed by atoms with Gasteiger partial charge in [-0.1, -0.05) is 0 Å². The Kier molecular flexibility index (Phi) is 254. The van der Waals surface area contributed by atoms with Crippen molar-refractivity contribution in [3.63, 3.8) is 0 Å².